The fourth-order valence-corrected chi connectivity index (χ4v) is 1.84. The van der Waals surface area contributed by atoms with Crippen molar-refractivity contribution in [2.24, 2.45) is 4.99 Å². The molecule has 3 nitrogen and oxygen atoms in total. The second kappa shape index (κ2) is 11.1. The van der Waals surface area contributed by atoms with Crippen molar-refractivity contribution in [3.8, 4) is 0 Å². The van der Waals surface area contributed by atoms with E-state index in [1.807, 2.05) is 0 Å². The third kappa shape index (κ3) is 7.28. The molecule has 6 heteroatoms. The Labute approximate surface area is 142 Å². The highest BCUT2D eigenvalue weighted by molar-refractivity contribution is 14.0. The molecule has 0 aliphatic heterocycles. The summed E-state index contributed by atoms with van der Waals surface area (Å²) in [6.07, 6.45) is 3.53. The number of hydrogen-bond donors (Lipinski definition) is 2. The van der Waals surface area contributed by atoms with Crippen molar-refractivity contribution >= 4 is 41.5 Å². The maximum atomic E-state index is 13.0. The lowest BCUT2D eigenvalue weighted by Crippen LogP contribution is -2.37. The molecule has 1 aromatic rings. The third-order valence-corrected chi connectivity index (χ3v) is 3.03. The van der Waals surface area contributed by atoms with Gasteiger partial charge in [-0.3, -0.25) is 4.99 Å². The van der Waals surface area contributed by atoms with Crippen molar-refractivity contribution in [1.82, 2.24) is 10.6 Å². The Morgan fingerprint density at radius 1 is 1.30 bits per heavy atom. The van der Waals surface area contributed by atoms with E-state index in [-0.39, 0.29) is 29.0 Å². The third-order valence-electron chi connectivity index (χ3n) is 2.74. The van der Waals surface area contributed by atoms with Gasteiger partial charge in [0.15, 0.2) is 5.96 Å². The molecular weight excluding hydrogens is 392 g/mol. The molecule has 0 spiro atoms. The number of nitrogens with zero attached hydrogens (tertiary/aromatic N) is 1. The van der Waals surface area contributed by atoms with Gasteiger partial charge in [-0.2, -0.15) is 0 Å². The molecule has 0 aliphatic rings. The molecule has 0 aromatic heterocycles. The number of unbranched alkanes of at least 4 members (excludes halogenated alkanes) is 2. The van der Waals surface area contributed by atoms with E-state index in [1.165, 1.54) is 18.9 Å². The van der Waals surface area contributed by atoms with Crippen LogP contribution in [0, 0.1) is 5.82 Å². The normalized spacial score (nSPS) is 10.9. The van der Waals surface area contributed by atoms with E-state index in [0.29, 0.717) is 6.54 Å². The average Bonchev–Trinajstić information content (AvgIpc) is 2.42. The summed E-state index contributed by atoms with van der Waals surface area (Å²) in [5.41, 5.74) is 0.919. The molecule has 0 atom stereocenters. The van der Waals surface area contributed by atoms with Gasteiger partial charge >= 0.3 is 0 Å². The van der Waals surface area contributed by atoms with Crippen molar-refractivity contribution < 1.29 is 4.39 Å². The van der Waals surface area contributed by atoms with Gasteiger partial charge in [0.2, 0.25) is 0 Å². The van der Waals surface area contributed by atoms with E-state index in [2.05, 4.69) is 22.5 Å². The Balaban J connectivity index is 0.00000361. The van der Waals surface area contributed by atoms with Crippen LogP contribution in [-0.2, 0) is 6.54 Å². The molecule has 2 N–H and O–H groups in total. The first-order valence-electron chi connectivity index (χ1n) is 6.55. The lowest BCUT2D eigenvalue weighted by molar-refractivity contribution is 0.627. The van der Waals surface area contributed by atoms with Crippen LogP contribution in [0.5, 0.6) is 0 Å². The van der Waals surface area contributed by atoms with Crippen molar-refractivity contribution in [3.63, 3.8) is 0 Å². The molecule has 0 saturated carbocycles. The van der Waals surface area contributed by atoms with Crippen LogP contribution in [-0.4, -0.2) is 19.6 Å². The number of rotatable bonds is 6. The Hall–Kier alpha value is -0.560. The number of guanidine groups is 1. The molecule has 0 aliphatic carbocycles. The van der Waals surface area contributed by atoms with Gasteiger partial charge in [-0.05, 0) is 24.1 Å². The van der Waals surface area contributed by atoms with Crippen LogP contribution in [0.15, 0.2) is 23.2 Å². The van der Waals surface area contributed by atoms with E-state index in [0.717, 1.165) is 24.5 Å². The minimum atomic E-state index is -0.396. The van der Waals surface area contributed by atoms with Gasteiger partial charge in [-0.15, -0.1) is 24.0 Å². The molecule has 114 valence electrons. The molecular formula is C14H22ClFIN3. The van der Waals surface area contributed by atoms with Gasteiger partial charge in [-0.25, -0.2) is 4.39 Å². The minimum absolute atomic E-state index is 0. The van der Waals surface area contributed by atoms with Crippen molar-refractivity contribution in [2.45, 2.75) is 32.7 Å². The number of benzene rings is 1. The highest BCUT2D eigenvalue weighted by Gasteiger charge is 2.02. The topological polar surface area (TPSA) is 36.4 Å². The smallest absolute Gasteiger partial charge is 0.191 e. The van der Waals surface area contributed by atoms with Crippen LogP contribution in [0.3, 0.4) is 0 Å². The molecule has 0 radical (unpaired) electrons. The summed E-state index contributed by atoms with van der Waals surface area (Å²) in [4.78, 5) is 4.13. The molecule has 0 amide bonds. The lowest BCUT2D eigenvalue weighted by Gasteiger charge is -2.12. The molecule has 1 aromatic carbocycles. The summed E-state index contributed by atoms with van der Waals surface area (Å²) in [6, 6.07) is 4.70. The van der Waals surface area contributed by atoms with Crippen LogP contribution in [0.25, 0.3) is 0 Å². The number of hydrogen-bond acceptors (Lipinski definition) is 1. The zero-order valence-electron chi connectivity index (χ0n) is 11.9. The van der Waals surface area contributed by atoms with E-state index in [1.54, 1.807) is 19.2 Å². The Bertz CT molecular complexity index is 427. The van der Waals surface area contributed by atoms with Gasteiger partial charge in [0.1, 0.15) is 5.82 Å². The first-order valence-corrected chi connectivity index (χ1v) is 6.93. The quantitative estimate of drug-likeness (QED) is 0.321. The predicted octanol–water partition coefficient (Wildman–Crippen LogP) is 3.95. The average molecular weight is 414 g/mol. The lowest BCUT2D eigenvalue weighted by atomic mass is 10.2. The molecule has 0 heterocycles. The second-order valence-electron chi connectivity index (χ2n) is 4.31. The van der Waals surface area contributed by atoms with Crippen molar-refractivity contribution in [2.75, 3.05) is 13.6 Å². The monoisotopic (exact) mass is 413 g/mol. The fourth-order valence-electron chi connectivity index (χ4n) is 1.64. The van der Waals surface area contributed by atoms with Crippen LogP contribution in [0.4, 0.5) is 4.39 Å². The summed E-state index contributed by atoms with van der Waals surface area (Å²) in [5.74, 6) is 0.351. The van der Waals surface area contributed by atoms with E-state index < -0.39 is 5.82 Å². The molecule has 0 bridgehead atoms. The zero-order chi connectivity index (χ0) is 14.1. The summed E-state index contributed by atoms with van der Waals surface area (Å²) in [7, 11) is 1.73. The highest BCUT2D eigenvalue weighted by atomic mass is 127. The minimum Gasteiger partial charge on any atom is -0.356 e. The SMILES string of the molecule is CCCCCNC(=NC)NCc1ccc(F)c(Cl)c1.I. The first-order chi connectivity index (χ1) is 9.17. The van der Waals surface area contributed by atoms with E-state index in [9.17, 15) is 4.39 Å². The summed E-state index contributed by atoms with van der Waals surface area (Å²) < 4.78 is 13.0. The van der Waals surface area contributed by atoms with Crippen LogP contribution in [0.2, 0.25) is 5.02 Å². The molecule has 0 fully saturated rings. The van der Waals surface area contributed by atoms with Crippen LogP contribution >= 0.6 is 35.6 Å². The van der Waals surface area contributed by atoms with Gasteiger partial charge in [0, 0.05) is 20.1 Å². The molecule has 1 rings (SSSR count). The first kappa shape index (κ1) is 19.4. The summed E-state index contributed by atoms with van der Waals surface area (Å²) in [6.45, 7) is 3.64. The molecule has 0 unspecified atom stereocenters. The Morgan fingerprint density at radius 3 is 2.65 bits per heavy atom. The highest BCUT2D eigenvalue weighted by Crippen LogP contribution is 2.15. The zero-order valence-corrected chi connectivity index (χ0v) is 15.0. The van der Waals surface area contributed by atoms with Crippen LogP contribution in [0.1, 0.15) is 31.7 Å². The van der Waals surface area contributed by atoms with E-state index >= 15 is 0 Å². The van der Waals surface area contributed by atoms with E-state index in [4.69, 9.17) is 11.6 Å². The second-order valence-corrected chi connectivity index (χ2v) is 4.72. The molecule has 20 heavy (non-hydrogen) atoms. The van der Waals surface area contributed by atoms with Gasteiger partial charge in [0.25, 0.3) is 0 Å². The van der Waals surface area contributed by atoms with Gasteiger partial charge in [-0.1, -0.05) is 37.4 Å². The summed E-state index contributed by atoms with van der Waals surface area (Å²) >= 11 is 5.73. The van der Waals surface area contributed by atoms with Gasteiger partial charge in [0.05, 0.1) is 5.02 Å². The standard InChI is InChI=1S/C14H21ClFN3.HI/c1-3-4-5-8-18-14(17-2)19-10-11-6-7-13(16)12(15)9-11;/h6-7,9H,3-5,8,10H2,1-2H3,(H2,17,18,19);1H. The van der Waals surface area contributed by atoms with Crippen molar-refractivity contribution in [1.29, 1.82) is 0 Å². The Morgan fingerprint density at radius 2 is 2.05 bits per heavy atom. The molecule has 0 saturated heterocycles. The predicted molar refractivity (Wildman–Crippen MR) is 94.6 cm³/mol. The number of nitrogens with one attached hydrogen (secondary N) is 2. The van der Waals surface area contributed by atoms with Crippen LogP contribution < -0.4 is 10.6 Å². The summed E-state index contributed by atoms with van der Waals surface area (Å²) in [5, 5.41) is 6.54. The van der Waals surface area contributed by atoms with Crippen molar-refractivity contribution in [3.05, 3.63) is 34.6 Å². The maximum absolute atomic E-state index is 13.0. The number of halogens is 3. The maximum Gasteiger partial charge on any atom is 0.191 e. The number of aliphatic imine (C=N–C) groups is 1. The fraction of sp³-hybridized carbons (Fsp3) is 0.500. The Kier molecular flexibility index (Phi) is 10.8. The largest absolute Gasteiger partial charge is 0.356 e. The van der Waals surface area contributed by atoms with Gasteiger partial charge < -0.3 is 10.6 Å².